The van der Waals surface area contributed by atoms with E-state index in [-0.39, 0.29) is 0 Å². The van der Waals surface area contributed by atoms with Crippen LogP contribution in [-0.4, -0.2) is 0 Å². The Morgan fingerprint density at radius 3 is 2.82 bits per heavy atom. The summed E-state index contributed by atoms with van der Waals surface area (Å²) >= 11 is 3.32. The van der Waals surface area contributed by atoms with Crippen LogP contribution in [0.15, 0.2) is 28.7 Å². The Morgan fingerprint density at radius 2 is 2.27 bits per heavy atom. The molecular formula is C9H10BrO. The minimum Gasteiger partial charge on any atom is -0.228 e. The second-order valence-corrected chi connectivity index (χ2v) is 3.37. The molecule has 0 spiro atoms. The summed E-state index contributed by atoms with van der Waals surface area (Å²) < 4.78 is 0.976. The van der Waals surface area contributed by atoms with Crippen molar-refractivity contribution in [2.45, 2.75) is 19.4 Å². The molecule has 1 radical (unpaired) electrons. The van der Waals surface area contributed by atoms with E-state index < -0.39 is 6.10 Å². The summed E-state index contributed by atoms with van der Waals surface area (Å²) in [5.74, 6) is 0. The first-order chi connectivity index (χ1) is 5.24. The van der Waals surface area contributed by atoms with Crippen molar-refractivity contribution >= 4 is 15.9 Å². The first-order valence-corrected chi connectivity index (χ1v) is 4.44. The van der Waals surface area contributed by atoms with Crippen LogP contribution in [0, 0.1) is 0 Å². The van der Waals surface area contributed by atoms with Crippen LogP contribution in [-0.2, 0) is 5.11 Å². The quantitative estimate of drug-likeness (QED) is 0.719. The zero-order valence-electron chi connectivity index (χ0n) is 6.38. The van der Waals surface area contributed by atoms with Gasteiger partial charge in [0.2, 0.25) is 0 Å². The molecule has 1 nitrogen and oxygen atoms in total. The summed E-state index contributed by atoms with van der Waals surface area (Å²) in [6.45, 7) is 1.90. The van der Waals surface area contributed by atoms with E-state index in [2.05, 4.69) is 15.9 Å². The van der Waals surface area contributed by atoms with Crippen LogP contribution in [0.1, 0.15) is 25.0 Å². The van der Waals surface area contributed by atoms with Gasteiger partial charge in [0.05, 0.1) is 0 Å². The molecule has 11 heavy (non-hydrogen) atoms. The SMILES string of the molecule is CCC([O])c1cccc(Br)c1. The van der Waals surface area contributed by atoms with Crippen LogP contribution in [0.25, 0.3) is 0 Å². The van der Waals surface area contributed by atoms with Gasteiger partial charge in [-0.2, -0.15) is 0 Å². The number of halogens is 1. The van der Waals surface area contributed by atoms with Gasteiger partial charge >= 0.3 is 0 Å². The molecule has 1 atom stereocenters. The smallest absolute Gasteiger partial charge is 0.118 e. The highest BCUT2D eigenvalue weighted by Gasteiger charge is 2.05. The fourth-order valence-corrected chi connectivity index (χ4v) is 1.36. The van der Waals surface area contributed by atoms with Crippen LogP contribution < -0.4 is 0 Å². The van der Waals surface area contributed by atoms with Gasteiger partial charge in [0.1, 0.15) is 6.10 Å². The van der Waals surface area contributed by atoms with Gasteiger partial charge in [0, 0.05) is 4.47 Å². The first-order valence-electron chi connectivity index (χ1n) is 3.65. The third-order valence-corrected chi connectivity index (χ3v) is 2.08. The molecule has 0 fully saturated rings. The minimum atomic E-state index is -0.576. The Kier molecular flexibility index (Phi) is 3.09. The molecule has 0 saturated heterocycles. The number of rotatable bonds is 2. The maximum Gasteiger partial charge on any atom is 0.118 e. The topological polar surface area (TPSA) is 19.9 Å². The average molecular weight is 214 g/mol. The Balaban J connectivity index is 2.86. The van der Waals surface area contributed by atoms with E-state index >= 15 is 0 Å². The maximum atomic E-state index is 11.2. The van der Waals surface area contributed by atoms with Gasteiger partial charge < -0.3 is 0 Å². The average Bonchev–Trinajstić information content (AvgIpc) is 2.03. The molecule has 0 aliphatic rings. The zero-order valence-corrected chi connectivity index (χ0v) is 7.97. The van der Waals surface area contributed by atoms with Crippen molar-refractivity contribution in [3.05, 3.63) is 34.3 Å². The lowest BCUT2D eigenvalue weighted by atomic mass is 10.1. The predicted octanol–water partition coefficient (Wildman–Crippen LogP) is 3.33. The van der Waals surface area contributed by atoms with Gasteiger partial charge in [0.25, 0.3) is 0 Å². The van der Waals surface area contributed by atoms with Gasteiger partial charge in [-0.05, 0) is 24.1 Å². The molecular weight excluding hydrogens is 204 g/mol. The van der Waals surface area contributed by atoms with Gasteiger partial charge in [-0.1, -0.05) is 35.0 Å². The molecule has 1 rings (SSSR count). The van der Waals surface area contributed by atoms with Crippen LogP contribution >= 0.6 is 15.9 Å². The molecule has 0 bridgehead atoms. The molecule has 0 saturated carbocycles. The summed E-state index contributed by atoms with van der Waals surface area (Å²) in [7, 11) is 0. The fraction of sp³-hybridized carbons (Fsp3) is 0.333. The van der Waals surface area contributed by atoms with E-state index in [4.69, 9.17) is 0 Å². The van der Waals surface area contributed by atoms with Crippen LogP contribution in [0.5, 0.6) is 0 Å². The van der Waals surface area contributed by atoms with Crippen molar-refractivity contribution in [2.24, 2.45) is 0 Å². The molecule has 0 N–H and O–H groups in total. The molecule has 0 aliphatic heterocycles. The van der Waals surface area contributed by atoms with Gasteiger partial charge in [0.15, 0.2) is 0 Å². The standard InChI is InChI=1S/C9H10BrO/c1-2-9(11)7-4-3-5-8(10)6-7/h3-6,9H,2H2,1H3. The van der Waals surface area contributed by atoms with Crippen molar-refractivity contribution in [1.29, 1.82) is 0 Å². The Morgan fingerprint density at radius 1 is 1.55 bits per heavy atom. The summed E-state index contributed by atoms with van der Waals surface area (Å²) in [5.41, 5.74) is 0.863. The Bertz CT molecular complexity index is 235. The maximum absolute atomic E-state index is 11.2. The number of benzene rings is 1. The first kappa shape index (κ1) is 8.75. The molecule has 0 heterocycles. The molecule has 0 aliphatic carbocycles. The molecule has 1 aromatic rings. The third kappa shape index (κ3) is 2.31. The summed E-state index contributed by atoms with van der Waals surface area (Å²) in [5, 5.41) is 11.2. The van der Waals surface area contributed by atoms with E-state index in [1.807, 2.05) is 31.2 Å². The lowest BCUT2D eigenvalue weighted by molar-refractivity contribution is 0.0857. The van der Waals surface area contributed by atoms with E-state index in [0.29, 0.717) is 6.42 Å². The molecule has 1 aromatic carbocycles. The van der Waals surface area contributed by atoms with Gasteiger partial charge in [-0.3, -0.25) is 0 Å². The highest BCUT2D eigenvalue weighted by Crippen LogP contribution is 2.20. The highest BCUT2D eigenvalue weighted by molar-refractivity contribution is 9.10. The molecule has 0 aromatic heterocycles. The molecule has 2 heteroatoms. The zero-order chi connectivity index (χ0) is 8.27. The monoisotopic (exact) mass is 213 g/mol. The van der Waals surface area contributed by atoms with Crippen molar-refractivity contribution in [2.75, 3.05) is 0 Å². The largest absolute Gasteiger partial charge is 0.228 e. The summed E-state index contributed by atoms with van der Waals surface area (Å²) in [6.07, 6.45) is 0.0729. The van der Waals surface area contributed by atoms with Crippen LogP contribution in [0.4, 0.5) is 0 Å². The lowest BCUT2D eigenvalue weighted by Gasteiger charge is -2.04. The minimum absolute atomic E-state index is 0.576. The predicted molar refractivity (Wildman–Crippen MR) is 47.9 cm³/mol. The normalized spacial score (nSPS) is 13.0. The number of hydrogen-bond acceptors (Lipinski definition) is 0. The van der Waals surface area contributed by atoms with Crippen LogP contribution in [0.3, 0.4) is 0 Å². The van der Waals surface area contributed by atoms with Crippen LogP contribution in [0.2, 0.25) is 0 Å². The van der Waals surface area contributed by atoms with Crippen molar-refractivity contribution in [3.8, 4) is 0 Å². The van der Waals surface area contributed by atoms with E-state index in [1.54, 1.807) is 0 Å². The van der Waals surface area contributed by atoms with Crippen molar-refractivity contribution < 1.29 is 5.11 Å². The molecule has 59 valence electrons. The Labute approximate surface area is 75.2 Å². The van der Waals surface area contributed by atoms with E-state index in [1.165, 1.54) is 0 Å². The van der Waals surface area contributed by atoms with Gasteiger partial charge in [-0.15, -0.1) is 0 Å². The molecule has 1 unspecified atom stereocenters. The Hall–Kier alpha value is -0.340. The van der Waals surface area contributed by atoms with Crippen molar-refractivity contribution in [3.63, 3.8) is 0 Å². The highest BCUT2D eigenvalue weighted by atomic mass is 79.9. The van der Waals surface area contributed by atoms with E-state index in [0.717, 1.165) is 10.0 Å². The third-order valence-electron chi connectivity index (χ3n) is 1.59. The summed E-state index contributed by atoms with van der Waals surface area (Å²) in [4.78, 5) is 0. The second-order valence-electron chi connectivity index (χ2n) is 2.45. The van der Waals surface area contributed by atoms with Crippen molar-refractivity contribution in [1.82, 2.24) is 0 Å². The van der Waals surface area contributed by atoms with E-state index in [9.17, 15) is 5.11 Å². The number of hydrogen-bond donors (Lipinski definition) is 0. The lowest BCUT2D eigenvalue weighted by Crippen LogP contribution is -1.91. The second kappa shape index (κ2) is 3.88. The fourth-order valence-electron chi connectivity index (χ4n) is 0.943. The summed E-state index contributed by atoms with van der Waals surface area (Å²) in [6, 6.07) is 7.55. The molecule has 0 amide bonds. The van der Waals surface area contributed by atoms with Gasteiger partial charge in [-0.25, -0.2) is 5.11 Å².